The van der Waals surface area contributed by atoms with Crippen LogP contribution in [-0.4, -0.2) is 50.3 Å². The van der Waals surface area contributed by atoms with Gasteiger partial charge in [-0.1, -0.05) is 0 Å². The predicted octanol–water partition coefficient (Wildman–Crippen LogP) is 1.35. The molecule has 142 valence electrons. The Morgan fingerprint density at radius 2 is 2.32 bits per heavy atom. The predicted molar refractivity (Wildman–Crippen MR) is 101 cm³/mol. The molecule has 0 aliphatic carbocycles. The Labute approximate surface area is 159 Å². The van der Waals surface area contributed by atoms with Crippen LogP contribution < -0.4 is 10.1 Å². The summed E-state index contributed by atoms with van der Waals surface area (Å²) in [5, 5.41) is 7.36. The summed E-state index contributed by atoms with van der Waals surface area (Å²) in [5.74, 6) is 1.00. The SMILES string of the molecule is CCOC(=O)c1cnn2c3c(c(-c4c[nH]c5ncc(C)cc45)nc12)OCC[NH2+]3. The molecule has 5 rings (SSSR count). The van der Waals surface area contributed by atoms with E-state index in [2.05, 4.69) is 26.4 Å². The number of pyridine rings is 1. The Hall–Kier alpha value is -3.46. The first kappa shape index (κ1) is 16.7. The molecule has 1 aliphatic heterocycles. The van der Waals surface area contributed by atoms with Gasteiger partial charge in [0.05, 0.1) is 12.8 Å². The summed E-state index contributed by atoms with van der Waals surface area (Å²) >= 11 is 0. The van der Waals surface area contributed by atoms with E-state index in [1.165, 1.54) is 6.20 Å². The van der Waals surface area contributed by atoms with E-state index in [0.29, 0.717) is 29.3 Å². The third-order valence-electron chi connectivity index (χ3n) is 4.76. The summed E-state index contributed by atoms with van der Waals surface area (Å²) < 4.78 is 12.8. The Morgan fingerprint density at radius 3 is 3.18 bits per heavy atom. The number of nitrogens with zero attached hydrogens (tertiary/aromatic N) is 4. The smallest absolute Gasteiger partial charge is 0.343 e. The molecule has 1 aliphatic rings. The summed E-state index contributed by atoms with van der Waals surface area (Å²) in [6.07, 6.45) is 5.18. The summed E-state index contributed by atoms with van der Waals surface area (Å²) in [7, 11) is 0. The number of ether oxygens (including phenoxy) is 2. The Balaban J connectivity index is 1.81. The number of aromatic nitrogens is 5. The zero-order chi connectivity index (χ0) is 19.3. The fourth-order valence-corrected chi connectivity index (χ4v) is 3.52. The Bertz CT molecular complexity index is 1230. The van der Waals surface area contributed by atoms with E-state index in [4.69, 9.17) is 14.5 Å². The van der Waals surface area contributed by atoms with Crippen LogP contribution in [-0.2, 0) is 4.74 Å². The molecule has 4 aromatic heterocycles. The maximum Gasteiger partial charge on any atom is 0.343 e. The molecule has 9 heteroatoms. The molecule has 0 fully saturated rings. The second-order valence-electron chi connectivity index (χ2n) is 6.64. The molecule has 0 unspecified atom stereocenters. The number of aryl methyl sites for hydroxylation is 1. The van der Waals surface area contributed by atoms with Crippen molar-refractivity contribution in [2.24, 2.45) is 0 Å². The van der Waals surface area contributed by atoms with Crippen molar-refractivity contribution in [3.63, 3.8) is 0 Å². The molecule has 9 nitrogen and oxygen atoms in total. The highest BCUT2D eigenvalue weighted by atomic mass is 16.5. The number of rotatable bonds is 3. The lowest BCUT2D eigenvalue weighted by atomic mass is 10.1. The third-order valence-corrected chi connectivity index (χ3v) is 4.76. The van der Waals surface area contributed by atoms with Gasteiger partial charge in [0.1, 0.15) is 30.1 Å². The van der Waals surface area contributed by atoms with Crippen LogP contribution in [0.4, 0.5) is 5.82 Å². The van der Waals surface area contributed by atoms with Crippen molar-refractivity contribution in [1.82, 2.24) is 24.6 Å². The van der Waals surface area contributed by atoms with Crippen molar-refractivity contribution in [1.29, 1.82) is 0 Å². The van der Waals surface area contributed by atoms with Gasteiger partial charge >= 0.3 is 5.97 Å². The van der Waals surface area contributed by atoms with Crippen molar-refractivity contribution in [3.8, 4) is 17.0 Å². The van der Waals surface area contributed by atoms with Crippen molar-refractivity contribution < 1.29 is 19.6 Å². The number of carbonyl (C=O) groups is 1. The van der Waals surface area contributed by atoms with Crippen LogP contribution in [0.25, 0.3) is 27.9 Å². The van der Waals surface area contributed by atoms with Gasteiger partial charge in [-0.15, -0.1) is 0 Å². The monoisotopic (exact) mass is 379 g/mol. The second-order valence-corrected chi connectivity index (χ2v) is 6.64. The van der Waals surface area contributed by atoms with Crippen LogP contribution in [0.2, 0.25) is 0 Å². The van der Waals surface area contributed by atoms with Gasteiger partial charge < -0.3 is 14.5 Å². The van der Waals surface area contributed by atoms with E-state index in [9.17, 15) is 4.79 Å². The lowest BCUT2D eigenvalue weighted by Crippen LogP contribution is -2.81. The average Bonchev–Trinajstić information content (AvgIpc) is 3.31. The molecular formula is C19H19N6O3+. The van der Waals surface area contributed by atoms with Gasteiger partial charge in [-0.3, -0.25) is 5.32 Å². The molecule has 0 aromatic carbocycles. The van der Waals surface area contributed by atoms with Crippen LogP contribution in [0.15, 0.2) is 24.7 Å². The quantitative estimate of drug-likeness (QED) is 0.520. The molecule has 0 amide bonds. The van der Waals surface area contributed by atoms with Crippen LogP contribution in [0.3, 0.4) is 0 Å². The normalized spacial score (nSPS) is 13.5. The minimum atomic E-state index is -0.441. The number of nitrogens with one attached hydrogen (secondary N) is 1. The zero-order valence-corrected chi connectivity index (χ0v) is 15.5. The van der Waals surface area contributed by atoms with Crippen molar-refractivity contribution in [3.05, 3.63) is 35.8 Å². The highest BCUT2D eigenvalue weighted by Crippen LogP contribution is 2.38. The molecule has 0 atom stereocenters. The highest BCUT2D eigenvalue weighted by Gasteiger charge is 2.29. The number of hydrogen-bond donors (Lipinski definition) is 2. The number of esters is 1. The van der Waals surface area contributed by atoms with Crippen LogP contribution >= 0.6 is 0 Å². The van der Waals surface area contributed by atoms with Crippen molar-refractivity contribution in [2.75, 3.05) is 19.8 Å². The number of quaternary nitrogens is 1. The number of nitrogens with two attached hydrogens (primary N) is 1. The van der Waals surface area contributed by atoms with Crippen molar-refractivity contribution in [2.45, 2.75) is 13.8 Å². The van der Waals surface area contributed by atoms with E-state index in [1.54, 1.807) is 11.4 Å². The summed E-state index contributed by atoms with van der Waals surface area (Å²) in [6, 6.07) is 2.06. The average molecular weight is 379 g/mol. The maximum absolute atomic E-state index is 12.4. The fraction of sp³-hybridized carbons (Fsp3) is 0.263. The number of H-pyrrole nitrogens is 1. The summed E-state index contributed by atoms with van der Waals surface area (Å²) in [4.78, 5) is 24.8. The minimum absolute atomic E-state index is 0.288. The topological polar surface area (TPSA) is 111 Å². The number of carbonyl (C=O) groups excluding carboxylic acids is 1. The zero-order valence-electron chi connectivity index (χ0n) is 15.5. The van der Waals surface area contributed by atoms with Gasteiger partial charge in [0.25, 0.3) is 5.82 Å². The van der Waals surface area contributed by atoms with E-state index >= 15 is 0 Å². The first-order chi connectivity index (χ1) is 13.7. The minimum Gasteiger partial charge on any atom is -0.479 e. The lowest BCUT2D eigenvalue weighted by molar-refractivity contribution is -0.584. The maximum atomic E-state index is 12.4. The fourth-order valence-electron chi connectivity index (χ4n) is 3.52. The molecule has 3 N–H and O–H groups in total. The van der Waals surface area contributed by atoms with Gasteiger partial charge in [-0.25, -0.2) is 14.8 Å². The van der Waals surface area contributed by atoms with Gasteiger partial charge in [0, 0.05) is 23.3 Å². The highest BCUT2D eigenvalue weighted by molar-refractivity contribution is 5.98. The first-order valence-electron chi connectivity index (χ1n) is 9.16. The number of aromatic amines is 1. The molecular weight excluding hydrogens is 360 g/mol. The van der Waals surface area contributed by atoms with Crippen LogP contribution in [0.1, 0.15) is 22.8 Å². The molecule has 0 saturated heterocycles. The van der Waals surface area contributed by atoms with E-state index in [0.717, 1.165) is 34.5 Å². The molecule has 4 aromatic rings. The number of hydrogen-bond acceptors (Lipinski definition) is 6. The molecule has 0 bridgehead atoms. The van der Waals surface area contributed by atoms with E-state index < -0.39 is 5.97 Å². The molecule has 0 radical (unpaired) electrons. The third kappa shape index (κ3) is 2.43. The summed E-state index contributed by atoms with van der Waals surface area (Å²) in [5.41, 5.74) is 4.13. The van der Waals surface area contributed by atoms with Gasteiger partial charge in [0.2, 0.25) is 5.75 Å². The Kier molecular flexibility index (Phi) is 3.76. The van der Waals surface area contributed by atoms with E-state index in [1.807, 2.05) is 19.3 Å². The molecule has 0 saturated carbocycles. The van der Waals surface area contributed by atoms with Gasteiger partial charge in [-0.05, 0) is 25.5 Å². The van der Waals surface area contributed by atoms with Gasteiger partial charge in [-0.2, -0.15) is 9.61 Å². The van der Waals surface area contributed by atoms with E-state index in [-0.39, 0.29) is 6.61 Å². The molecule has 0 spiro atoms. The largest absolute Gasteiger partial charge is 0.479 e. The second kappa shape index (κ2) is 6.31. The van der Waals surface area contributed by atoms with Crippen LogP contribution in [0.5, 0.6) is 5.75 Å². The standard InChI is InChI=1S/C19H18N6O3/c1-3-27-19(26)13-9-23-25-17(13)24-14(15-18(25)20-4-5-28-15)12-8-22-16-11(12)6-10(2)7-21-16/h6-9,20H,3-5H2,1-2H3,(H,21,22)/p+1. The number of fused-ring (bicyclic) bond motifs is 4. The van der Waals surface area contributed by atoms with Crippen molar-refractivity contribution >= 4 is 28.5 Å². The first-order valence-corrected chi connectivity index (χ1v) is 9.16. The van der Waals surface area contributed by atoms with Gasteiger partial charge in [0.15, 0.2) is 5.65 Å². The Morgan fingerprint density at radius 1 is 1.43 bits per heavy atom. The van der Waals surface area contributed by atoms with Crippen LogP contribution in [0, 0.1) is 6.92 Å². The lowest BCUT2D eigenvalue weighted by Gasteiger charge is -2.18. The molecule has 28 heavy (non-hydrogen) atoms. The summed E-state index contributed by atoms with van der Waals surface area (Å²) in [6.45, 7) is 5.38. The molecule has 5 heterocycles.